The molecular formula is C14H15BrFN3O2. The average Bonchev–Trinajstić information content (AvgIpc) is 2.44. The molecule has 1 heterocycles. The van der Waals surface area contributed by atoms with Gasteiger partial charge in [-0.1, -0.05) is 0 Å². The SMILES string of the molecule is Cc1cc(Br)c(F)cc1NCc1cc(=O)n(C)c(=O)n1C. The van der Waals surface area contributed by atoms with Crippen molar-refractivity contribution in [1.29, 1.82) is 0 Å². The highest BCUT2D eigenvalue weighted by Crippen LogP contribution is 2.24. The van der Waals surface area contributed by atoms with Crippen molar-refractivity contribution in [2.24, 2.45) is 14.1 Å². The number of benzene rings is 1. The summed E-state index contributed by atoms with van der Waals surface area (Å²) in [7, 11) is 3.02. The van der Waals surface area contributed by atoms with Crippen LogP contribution >= 0.6 is 15.9 Å². The maximum atomic E-state index is 13.6. The van der Waals surface area contributed by atoms with Gasteiger partial charge in [0.25, 0.3) is 5.56 Å². The molecule has 0 fully saturated rings. The van der Waals surface area contributed by atoms with Gasteiger partial charge in [-0.2, -0.15) is 0 Å². The molecule has 7 heteroatoms. The van der Waals surface area contributed by atoms with E-state index in [0.29, 0.717) is 15.9 Å². The van der Waals surface area contributed by atoms with Gasteiger partial charge < -0.3 is 5.32 Å². The lowest BCUT2D eigenvalue weighted by atomic mass is 10.2. The smallest absolute Gasteiger partial charge is 0.330 e. The summed E-state index contributed by atoms with van der Waals surface area (Å²) in [6.07, 6.45) is 0. The summed E-state index contributed by atoms with van der Waals surface area (Å²) in [6.45, 7) is 2.10. The first-order valence-electron chi connectivity index (χ1n) is 6.26. The second-order valence-electron chi connectivity index (χ2n) is 4.81. The fourth-order valence-corrected chi connectivity index (χ4v) is 2.43. The predicted octanol–water partition coefficient (Wildman–Crippen LogP) is 1.91. The van der Waals surface area contributed by atoms with Crippen LogP contribution in [-0.2, 0) is 20.6 Å². The molecule has 0 radical (unpaired) electrons. The Kier molecular flexibility index (Phi) is 4.32. The highest BCUT2D eigenvalue weighted by Gasteiger charge is 2.08. The zero-order valence-electron chi connectivity index (χ0n) is 11.9. The third-order valence-corrected chi connectivity index (χ3v) is 3.96. The van der Waals surface area contributed by atoms with Crippen LogP contribution < -0.4 is 16.6 Å². The Hall–Kier alpha value is -1.89. The maximum Gasteiger partial charge on any atom is 0.330 e. The summed E-state index contributed by atoms with van der Waals surface area (Å²) < 4.78 is 16.4. The minimum Gasteiger partial charge on any atom is -0.379 e. The minimum atomic E-state index is -0.391. The number of nitrogens with one attached hydrogen (secondary N) is 1. The van der Waals surface area contributed by atoms with Gasteiger partial charge in [0.1, 0.15) is 5.82 Å². The van der Waals surface area contributed by atoms with Crippen LogP contribution in [0.3, 0.4) is 0 Å². The molecule has 0 aliphatic rings. The molecule has 0 aliphatic heterocycles. The molecule has 0 saturated heterocycles. The van der Waals surface area contributed by atoms with Crippen molar-refractivity contribution >= 4 is 21.6 Å². The molecule has 0 unspecified atom stereocenters. The van der Waals surface area contributed by atoms with Crippen LogP contribution in [0.25, 0.3) is 0 Å². The van der Waals surface area contributed by atoms with Crippen molar-refractivity contribution in [3.05, 3.63) is 60.6 Å². The van der Waals surface area contributed by atoms with Gasteiger partial charge in [-0.05, 0) is 40.5 Å². The third kappa shape index (κ3) is 3.07. The predicted molar refractivity (Wildman–Crippen MR) is 83.1 cm³/mol. The Morgan fingerprint density at radius 3 is 2.52 bits per heavy atom. The number of rotatable bonds is 3. The molecule has 0 atom stereocenters. The van der Waals surface area contributed by atoms with Crippen molar-refractivity contribution < 1.29 is 4.39 Å². The van der Waals surface area contributed by atoms with Gasteiger partial charge in [0.05, 0.1) is 11.0 Å². The van der Waals surface area contributed by atoms with Crippen LogP contribution in [0.5, 0.6) is 0 Å². The van der Waals surface area contributed by atoms with E-state index in [-0.39, 0.29) is 17.9 Å². The normalized spacial score (nSPS) is 10.7. The molecule has 0 spiro atoms. The van der Waals surface area contributed by atoms with Crippen LogP contribution in [-0.4, -0.2) is 9.13 Å². The maximum absolute atomic E-state index is 13.6. The number of anilines is 1. The first-order valence-corrected chi connectivity index (χ1v) is 7.06. The molecule has 0 amide bonds. The Bertz CT molecular complexity index is 811. The molecule has 2 aromatic rings. The number of hydrogen-bond donors (Lipinski definition) is 1. The van der Waals surface area contributed by atoms with Gasteiger partial charge in [0, 0.05) is 31.5 Å². The molecule has 0 bridgehead atoms. The molecular weight excluding hydrogens is 341 g/mol. The van der Waals surface area contributed by atoms with E-state index < -0.39 is 5.69 Å². The number of nitrogens with zero attached hydrogens (tertiary/aromatic N) is 2. The van der Waals surface area contributed by atoms with Gasteiger partial charge in [0.15, 0.2) is 0 Å². The molecule has 1 aromatic carbocycles. The Morgan fingerprint density at radius 1 is 1.19 bits per heavy atom. The van der Waals surface area contributed by atoms with E-state index >= 15 is 0 Å². The largest absolute Gasteiger partial charge is 0.379 e. The van der Waals surface area contributed by atoms with Gasteiger partial charge in [-0.25, -0.2) is 9.18 Å². The Balaban J connectivity index is 2.31. The van der Waals surface area contributed by atoms with Crippen LogP contribution in [0.4, 0.5) is 10.1 Å². The lowest BCUT2D eigenvalue weighted by Crippen LogP contribution is -2.38. The summed E-state index contributed by atoms with van der Waals surface area (Å²) in [5.74, 6) is -0.374. The number of aryl methyl sites for hydroxylation is 1. The first-order chi connectivity index (χ1) is 9.81. The second-order valence-corrected chi connectivity index (χ2v) is 5.66. The van der Waals surface area contributed by atoms with Crippen molar-refractivity contribution in [1.82, 2.24) is 9.13 Å². The zero-order chi connectivity index (χ0) is 15.7. The van der Waals surface area contributed by atoms with E-state index in [9.17, 15) is 14.0 Å². The quantitative estimate of drug-likeness (QED) is 0.914. The van der Waals surface area contributed by atoms with E-state index in [1.165, 1.54) is 23.7 Å². The highest BCUT2D eigenvalue weighted by atomic mass is 79.9. The molecule has 1 aromatic heterocycles. The van der Waals surface area contributed by atoms with Crippen LogP contribution in [0.1, 0.15) is 11.3 Å². The van der Waals surface area contributed by atoms with Crippen LogP contribution in [0.15, 0.2) is 32.3 Å². The molecule has 112 valence electrons. The fraction of sp³-hybridized carbons (Fsp3) is 0.286. The Labute approximate surface area is 129 Å². The first kappa shape index (κ1) is 15.5. The second kappa shape index (κ2) is 5.85. The lowest BCUT2D eigenvalue weighted by Gasteiger charge is -2.13. The monoisotopic (exact) mass is 355 g/mol. The standard InChI is InChI=1S/C14H15BrFN3O2/c1-8-4-10(15)11(16)6-12(8)17-7-9-5-13(20)19(3)14(21)18(9)2/h4-6,17H,7H2,1-3H3. The summed E-state index contributed by atoms with van der Waals surface area (Å²) in [5.41, 5.74) is 1.25. The molecule has 0 saturated carbocycles. The molecule has 2 rings (SSSR count). The summed E-state index contributed by atoms with van der Waals surface area (Å²) in [6, 6.07) is 4.43. The van der Waals surface area contributed by atoms with E-state index in [0.717, 1.165) is 10.1 Å². The topological polar surface area (TPSA) is 56.0 Å². The van der Waals surface area contributed by atoms with Gasteiger partial charge in [0.2, 0.25) is 0 Å². The van der Waals surface area contributed by atoms with Crippen LogP contribution in [0, 0.1) is 12.7 Å². The lowest BCUT2D eigenvalue weighted by molar-refractivity contribution is 0.620. The number of halogens is 2. The summed E-state index contributed by atoms with van der Waals surface area (Å²) in [4.78, 5) is 23.5. The fourth-order valence-electron chi connectivity index (χ4n) is 1.97. The molecule has 0 aliphatic carbocycles. The number of aromatic nitrogens is 2. The van der Waals surface area contributed by atoms with Gasteiger partial charge in [-0.15, -0.1) is 0 Å². The average molecular weight is 356 g/mol. The minimum absolute atomic E-state index is 0.254. The van der Waals surface area contributed by atoms with Crippen molar-refractivity contribution in [2.45, 2.75) is 13.5 Å². The highest BCUT2D eigenvalue weighted by molar-refractivity contribution is 9.10. The van der Waals surface area contributed by atoms with E-state index in [1.807, 2.05) is 6.92 Å². The molecule has 21 heavy (non-hydrogen) atoms. The van der Waals surface area contributed by atoms with Gasteiger partial charge >= 0.3 is 5.69 Å². The van der Waals surface area contributed by atoms with Gasteiger partial charge in [-0.3, -0.25) is 13.9 Å². The molecule has 1 N–H and O–H groups in total. The van der Waals surface area contributed by atoms with E-state index in [4.69, 9.17) is 0 Å². The van der Waals surface area contributed by atoms with E-state index in [2.05, 4.69) is 21.2 Å². The van der Waals surface area contributed by atoms with E-state index in [1.54, 1.807) is 13.1 Å². The third-order valence-electron chi connectivity index (χ3n) is 3.35. The summed E-state index contributed by atoms with van der Waals surface area (Å²) >= 11 is 3.12. The van der Waals surface area contributed by atoms with Crippen molar-refractivity contribution in [3.63, 3.8) is 0 Å². The van der Waals surface area contributed by atoms with Crippen molar-refractivity contribution in [3.8, 4) is 0 Å². The molecule has 5 nitrogen and oxygen atoms in total. The summed E-state index contributed by atoms with van der Waals surface area (Å²) in [5, 5.41) is 3.04. The van der Waals surface area contributed by atoms with Crippen LogP contribution in [0.2, 0.25) is 0 Å². The Morgan fingerprint density at radius 2 is 1.86 bits per heavy atom. The van der Waals surface area contributed by atoms with Crippen molar-refractivity contribution in [2.75, 3.05) is 5.32 Å². The number of hydrogen-bond acceptors (Lipinski definition) is 3. The zero-order valence-corrected chi connectivity index (χ0v) is 13.5.